The Hall–Kier alpha value is -4.92. The maximum Gasteiger partial charge on any atom is 0.251 e. The molecule has 0 bridgehead atoms. The Morgan fingerprint density at radius 2 is 1.84 bits per heavy atom. The Balaban J connectivity index is 1.63. The van der Waals surface area contributed by atoms with Gasteiger partial charge in [0.15, 0.2) is 10.7 Å². The van der Waals surface area contributed by atoms with Crippen molar-refractivity contribution in [3.63, 3.8) is 0 Å². The Morgan fingerprint density at radius 3 is 2.57 bits per heavy atom. The Labute approximate surface area is 214 Å². The van der Waals surface area contributed by atoms with Gasteiger partial charge < -0.3 is 9.13 Å². The number of sulfone groups is 1. The number of rotatable bonds is 5. The standard InChI is InChI=1S/C29H20N4O3S/c1-4-20-6-5-7-22(14-20)25-16-28(34)32(3)27-13-12-24(15-26(25)27)37(35,36)29-17-31-19-33(29)18-21-8-10-23(30-2)11-9-21/h1,5-17,19H,18H2,3H3. The van der Waals surface area contributed by atoms with Gasteiger partial charge in [0, 0.05) is 30.6 Å². The number of hydrogen-bond acceptors (Lipinski definition) is 4. The largest absolute Gasteiger partial charge is 0.317 e. The SMILES string of the molecule is [C-]#[N+]c1ccc(Cn2cncc2S(=O)(=O)c2ccc3c(c2)c(-c2cccc(C#C)c2)cc(=O)n3C)cc1. The van der Waals surface area contributed by atoms with E-state index in [1.165, 1.54) is 29.2 Å². The van der Waals surface area contributed by atoms with Gasteiger partial charge in [-0.15, -0.1) is 6.42 Å². The average molecular weight is 505 g/mol. The molecule has 0 saturated heterocycles. The fourth-order valence-electron chi connectivity index (χ4n) is 4.27. The van der Waals surface area contributed by atoms with Crippen molar-refractivity contribution in [2.24, 2.45) is 7.05 Å². The number of fused-ring (bicyclic) bond motifs is 1. The zero-order chi connectivity index (χ0) is 26.2. The van der Waals surface area contributed by atoms with Gasteiger partial charge in [-0.2, -0.15) is 0 Å². The first-order valence-corrected chi connectivity index (χ1v) is 12.7. The van der Waals surface area contributed by atoms with Crippen LogP contribution in [0.15, 0.2) is 100 Å². The third kappa shape index (κ3) is 4.31. The Kier molecular flexibility index (Phi) is 5.96. The Bertz CT molecular complexity index is 1920. The lowest BCUT2D eigenvalue weighted by molar-refractivity contribution is 0.581. The van der Waals surface area contributed by atoms with Crippen LogP contribution in [0.2, 0.25) is 0 Å². The minimum atomic E-state index is -3.95. The minimum Gasteiger partial charge on any atom is -0.317 e. The molecule has 0 unspecified atom stereocenters. The van der Waals surface area contributed by atoms with Crippen LogP contribution in [-0.2, 0) is 23.4 Å². The van der Waals surface area contributed by atoms with E-state index in [9.17, 15) is 13.2 Å². The molecule has 2 aromatic heterocycles. The highest BCUT2D eigenvalue weighted by Crippen LogP contribution is 2.31. The highest BCUT2D eigenvalue weighted by molar-refractivity contribution is 7.91. The number of benzene rings is 3. The van der Waals surface area contributed by atoms with Gasteiger partial charge in [-0.3, -0.25) is 4.79 Å². The van der Waals surface area contributed by atoms with Crippen LogP contribution in [0.3, 0.4) is 0 Å². The monoisotopic (exact) mass is 504 g/mol. The van der Waals surface area contributed by atoms with Gasteiger partial charge >= 0.3 is 0 Å². The third-order valence-corrected chi connectivity index (χ3v) is 8.00. The van der Waals surface area contributed by atoms with Crippen LogP contribution < -0.4 is 5.56 Å². The number of aromatic nitrogens is 3. The van der Waals surface area contributed by atoms with Crippen molar-refractivity contribution in [1.82, 2.24) is 14.1 Å². The van der Waals surface area contributed by atoms with E-state index in [-0.39, 0.29) is 22.0 Å². The van der Waals surface area contributed by atoms with Crippen LogP contribution in [0.4, 0.5) is 5.69 Å². The van der Waals surface area contributed by atoms with E-state index >= 15 is 0 Å². The number of pyridine rings is 1. The molecule has 5 aromatic rings. The molecule has 0 saturated carbocycles. The summed E-state index contributed by atoms with van der Waals surface area (Å²) >= 11 is 0. The lowest BCUT2D eigenvalue weighted by Crippen LogP contribution is -2.17. The molecule has 180 valence electrons. The highest BCUT2D eigenvalue weighted by atomic mass is 32.2. The first-order valence-electron chi connectivity index (χ1n) is 11.2. The first-order chi connectivity index (χ1) is 17.8. The maximum atomic E-state index is 13.8. The minimum absolute atomic E-state index is 0.0433. The third-order valence-electron chi connectivity index (χ3n) is 6.24. The van der Waals surface area contributed by atoms with Crippen molar-refractivity contribution in [3.05, 3.63) is 118 Å². The van der Waals surface area contributed by atoms with Crippen molar-refractivity contribution in [1.29, 1.82) is 0 Å². The number of nitrogens with zero attached hydrogens (tertiary/aromatic N) is 4. The normalized spacial score (nSPS) is 11.2. The molecule has 2 heterocycles. The van der Waals surface area contributed by atoms with E-state index in [2.05, 4.69) is 15.7 Å². The van der Waals surface area contributed by atoms with Crippen LogP contribution in [0.1, 0.15) is 11.1 Å². The van der Waals surface area contributed by atoms with Gasteiger partial charge in [0.1, 0.15) is 0 Å². The number of aryl methyl sites for hydroxylation is 1. The van der Waals surface area contributed by atoms with E-state index in [0.29, 0.717) is 27.7 Å². The van der Waals surface area contributed by atoms with Gasteiger partial charge in [-0.25, -0.2) is 18.2 Å². The molecule has 0 aliphatic heterocycles. The van der Waals surface area contributed by atoms with Crippen LogP contribution in [0, 0.1) is 18.9 Å². The predicted octanol–water partition coefficient (Wildman–Crippen LogP) is 4.82. The van der Waals surface area contributed by atoms with Crippen LogP contribution in [0.5, 0.6) is 0 Å². The molecule has 0 fully saturated rings. The summed E-state index contributed by atoms with van der Waals surface area (Å²) in [7, 11) is -2.31. The molecule has 0 atom stereocenters. The summed E-state index contributed by atoms with van der Waals surface area (Å²) in [5.74, 6) is 2.59. The summed E-state index contributed by atoms with van der Waals surface area (Å²) in [4.78, 5) is 20.2. The summed E-state index contributed by atoms with van der Waals surface area (Å²) in [6.07, 6.45) is 8.36. The number of hydrogen-bond donors (Lipinski definition) is 0. The second-order valence-electron chi connectivity index (χ2n) is 8.50. The van der Waals surface area contributed by atoms with Crippen molar-refractivity contribution in [2.75, 3.05) is 0 Å². The molecular weight excluding hydrogens is 484 g/mol. The van der Waals surface area contributed by atoms with E-state index in [1.807, 2.05) is 6.07 Å². The maximum absolute atomic E-state index is 13.8. The topological polar surface area (TPSA) is 78.3 Å². The van der Waals surface area contributed by atoms with E-state index < -0.39 is 9.84 Å². The van der Waals surface area contributed by atoms with Crippen LogP contribution in [-0.4, -0.2) is 22.5 Å². The molecule has 3 aromatic carbocycles. The lowest BCUT2D eigenvalue weighted by atomic mass is 9.99. The summed E-state index contributed by atoms with van der Waals surface area (Å²) in [6, 6.07) is 20.4. The van der Waals surface area contributed by atoms with Gasteiger partial charge in [0.2, 0.25) is 9.84 Å². The zero-order valence-corrected chi connectivity index (χ0v) is 20.6. The molecule has 5 rings (SSSR count). The van der Waals surface area contributed by atoms with Crippen molar-refractivity contribution >= 4 is 26.4 Å². The quantitative estimate of drug-likeness (QED) is 0.254. The zero-order valence-electron chi connectivity index (χ0n) is 19.8. The predicted molar refractivity (Wildman–Crippen MR) is 142 cm³/mol. The van der Waals surface area contributed by atoms with E-state index in [4.69, 9.17) is 13.0 Å². The summed E-state index contributed by atoms with van der Waals surface area (Å²) < 4.78 is 30.6. The van der Waals surface area contributed by atoms with E-state index in [0.717, 1.165) is 11.1 Å². The van der Waals surface area contributed by atoms with Crippen molar-refractivity contribution in [3.8, 4) is 23.5 Å². The van der Waals surface area contributed by atoms with Gasteiger partial charge in [0.25, 0.3) is 5.56 Å². The van der Waals surface area contributed by atoms with Gasteiger partial charge in [-0.1, -0.05) is 42.3 Å². The fourth-order valence-corrected chi connectivity index (χ4v) is 5.65. The van der Waals surface area contributed by atoms with E-state index in [1.54, 1.807) is 66.2 Å². The van der Waals surface area contributed by atoms with Crippen LogP contribution >= 0.6 is 0 Å². The molecule has 0 spiro atoms. The number of terminal acetylenes is 1. The lowest BCUT2D eigenvalue weighted by Gasteiger charge is -2.14. The average Bonchev–Trinajstić information content (AvgIpc) is 3.40. The second-order valence-corrected chi connectivity index (χ2v) is 10.4. The summed E-state index contributed by atoms with van der Waals surface area (Å²) in [5.41, 5.74) is 3.71. The highest BCUT2D eigenvalue weighted by Gasteiger charge is 2.24. The molecule has 0 aliphatic rings. The molecule has 8 heteroatoms. The molecule has 7 nitrogen and oxygen atoms in total. The molecule has 0 N–H and O–H groups in total. The molecular formula is C29H20N4O3S. The molecule has 0 aliphatic carbocycles. The summed E-state index contributed by atoms with van der Waals surface area (Å²) in [5, 5.41) is 0.653. The summed E-state index contributed by atoms with van der Waals surface area (Å²) in [6.45, 7) is 7.37. The fraction of sp³-hybridized carbons (Fsp3) is 0.0690. The molecule has 37 heavy (non-hydrogen) atoms. The van der Waals surface area contributed by atoms with Gasteiger partial charge in [0.05, 0.1) is 29.5 Å². The van der Waals surface area contributed by atoms with Gasteiger partial charge in [-0.05, 0) is 47.0 Å². The second kappa shape index (κ2) is 9.27. The first kappa shape index (κ1) is 23.8. The molecule has 0 amide bonds. The van der Waals surface area contributed by atoms with Crippen molar-refractivity contribution < 1.29 is 8.42 Å². The van der Waals surface area contributed by atoms with Crippen molar-refractivity contribution in [2.45, 2.75) is 16.5 Å². The molecule has 0 radical (unpaired) electrons. The Morgan fingerprint density at radius 1 is 1.05 bits per heavy atom. The van der Waals surface area contributed by atoms with Crippen LogP contribution in [0.25, 0.3) is 26.9 Å². The number of imidazole rings is 1. The smallest absolute Gasteiger partial charge is 0.251 e.